The van der Waals surface area contributed by atoms with E-state index >= 15 is 4.79 Å². The lowest BCUT2D eigenvalue weighted by molar-refractivity contribution is -0.131. The number of carbonyl (C=O) groups is 2. The van der Waals surface area contributed by atoms with E-state index < -0.39 is 0 Å². The zero-order valence-corrected chi connectivity index (χ0v) is 33.7. The molecule has 0 unspecified atom stereocenters. The molecular formula is C47H61N5O2. The maximum atomic E-state index is 15.1. The number of nitrogens with zero attached hydrogens (tertiary/aromatic N) is 5. The Morgan fingerprint density at radius 1 is 0.759 bits per heavy atom. The lowest BCUT2D eigenvalue weighted by atomic mass is 9.87. The van der Waals surface area contributed by atoms with Gasteiger partial charge in [0.1, 0.15) is 0 Å². The van der Waals surface area contributed by atoms with Gasteiger partial charge in [0.2, 0.25) is 5.91 Å². The Labute approximate surface area is 323 Å². The molecule has 4 heterocycles. The number of hydrogen-bond acceptors (Lipinski definition) is 4. The predicted molar refractivity (Wildman–Crippen MR) is 221 cm³/mol. The first-order valence-electron chi connectivity index (χ1n) is 20.7. The molecule has 7 nitrogen and oxygen atoms in total. The van der Waals surface area contributed by atoms with Crippen molar-refractivity contribution in [2.45, 2.75) is 105 Å². The van der Waals surface area contributed by atoms with E-state index in [9.17, 15) is 4.79 Å². The molecule has 54 heavy (non-hydrogen) atoms. The van der Waals surface area contributed by atoms with E-state index in [2.05, 4.69) is 122 Å². The number of aromatic nitrogens is 1. The topological polar surface area (TPSA) is 52.0 Å². The van der Waals surface area contributed by atoms with Crippen molar-refractivity contribution in [3.63, 3.8) is 0 Å². The molecule has 4 aromatic rings. The number of rotatable bonds is 11. The molecule has 3 aliphatic heterocycles. The number of amides is 2. The van der Waals surface area contributed by atoms with E-state index in [0.717, 1.165) is 99.8 Å². The van der Waals surface area contributed by atoms with Gasteiger partial charge in [-0.2, -0.15) is 0 Å². The highest BCUT2D eigenvalue weighted by Crippen LogP contribution is 2.39. The van der Waals surface area contributed by atoms with E-state index in [1.54, 1.807) is 0 Å². The third-order valence-electron chi connectivity index (χ3n) is 12.6. The number of hydrogen-bond donors (Lipinski definition) is 0. The van der Waals surface area contributed by atoms with Gasteiger partial charge in [-0.15, -0.1) is 0 Å². The van der Waals surface area contributed by atoms with Gasteiger partial charge in [-0.1, -0.05) is 63.1 Å². The van der Waals surface area contributed by atoms with Crippen LogP contribution in [-0.2, 0) is 57.0 Å². The number of benzene rings is 3. The third-order valence-corrected chi connectivity index (χ3v) is 12.6. The fourth-order valence-electron chi connectivity index (χ4n) is 9.10. The SMILES string of the molecule is CCCCc1c(CCCC)c(-c2cc3c(cc2C(=O)N2Cc4ccccc4C[C@H]2C)CN(C(=O)Cc2cccc(N4CCN(C)CC4)c2)CC3)n(C)c1C. The molecule has 2 amide bonds. The van der Waals surface area contributed by atoms with Crippen LogP contribution >= 0.6 is 0 Å². The van der Waals surface area contributed by atoms with Crippen LogP contribution in [0.5, 0.6) is 0 Å². The van der Waals surface area contributed by atoms with E-state index in [4.69, 9.17) is 0 Å². The first-order valence-corrected chi connectivity index (χ1v) is 20.7. The second kappa shape index (κ2) is 16.6. The van der Waals surface area contributed by atoms with Gasteiger partial charge in [0.25, 0.3) is 5.91 Å². The summed E-state index contributed by atoms with van der Waals surface area (Å²) in [5.41, 5.74) is 14.4. The largest absolute Gasteiger partial charge is 0.369 e. The third kappa shape index (κ3) is 7.75. The summed E-state index contributed by atoms with van der Waals surface area (Å²) in [4.78, 5) is 37.9. The lowest BCUT2D eigenvalue weighted by Crippen LogP contribution is -2.44. The molecule has 3 aliphatic rings. The fourth-order valence-corrected chi connectivity index (χ4v) is 9.10. The minimum Gasteiger partial charge on any atom is -0.369 e. The van der Waals surface area contributed by atoms with Crippen molar-refractivity contribution in [3.8, 4) is 11.3 Å². The summed E-state index contributed by atoms with van der Waals surface area (Å²) in [6, 6.07) is 21.7. The second-order valence-corrected chi connectivity index (χ2v) is 16.3. The molecule has 1 atom stereocenters. The molecule has 0 N–H and O–H groups in total. The van der Waals surface area contributed by atoms with Gasteiger partial charge in [-0.05, 0) is 123 Å². The van der Waals surface area contributed by atoms with Gasteiger partial charge in [0, 0.05) is 81.4 Å². The van der Waals surface area contributed by atoms with Gasteiger partial charge >= 0.3 is 0 Å². The van der Waals surface area contributed by atoms with Crippen LogP contribution < -0.4 is 4.90 Å². The van der Waals surface area contributed by atoms with Crippen molar-refractivity contribution < 1.29 is 9.59 Å². The minimum absolute atomic E-state index is 0.0887. The number of fused-ring (bicyclic) bond motifs is 2. The van der Waals surface area contributed by atoms with Crippen LogP contribution in [0.1, 0.15) is 101 Å². The summed E-state index contributed by atoms with van der Waals surface area (Å²) < 4.78 is 2.37. The van der Waals surface area contributed by atoms with Crippen LogP contribution in [0.3, 0.4) is 0 Å². The number of carbonyl (C=O) groups excluding carboxylic acids is 2. The monoisotopic (exact) mass is 727 g/mol. The van der Waals surface area contributed by atoms with Crippen molar-refractivity contribution in [1.29, 1.82) is 0 Å². The highest BCUT2D eigenvalue weighted by atomic mass is 16.2. The molecule has 1 fully saturated rings. The molecule has 0 spiro atoms. The van der Waals surface area contributed by atoms with E-state index in [-0.39, 0.29) is 17.9 Å². The van der Waals surface area contributed by atoms with Crippen LogP contribution in [-0.4, -0.2) is 76.9 Å². The Morgan fingerprint density at radius 2 is 1.48 bits per heavy atom. The predicted octanol–water partition coefficient (Wildman–Crippen LogP) is 8.15. The Kier molecular flexibility index (Phi) is 11.6. The second-order valence-electron chi connectivity index (χ2n) is 16.3. The van der Waals surface area contributed by atoms with Gasteiger partial charge < -0.3 is 24.2 Å². The van der Waals surface area contributed by atoms with Crippen LogP contribution in [0, 0.1) is 6.92 Å². The summed E-state index contributed by atoms with van der Waals surface area (Å²) in [6.07, 6.45) is 8.68. The van der Waals surface area contributed by atoms with Gasteiger partial charge in [0.05, 0.1) is 12.1 Å². The quantitative estimate of drug-likeness (QED) is 0.157. The zero-order chi connectivity index (χ0) is 37.9. The molecule has 1 saturated heterocycles. The molecule has 7 rings (SSSR count). The Balaban J connectivity index is 1.23. The minimum atomic E-state index is 0.0887. The van der Waals surface area contributed by atoms with Crippen LogP contribution in [0.25, 0.3) is 11.3 Å². The molecule has 286 valence electrons. The molecule has 7 heteroatoms. The molecule has 0 bridgehead atoms. The molecule has 3 aromatic carbocycles. The summed E-state index contributed by atoms with van der Waals surface area (Å²) >= 11 is 0. The summed E-state index contributed by atoms with van der Waals surface area (Å²) in [7, 11) is 4.37. The van der Waals surface area contributed by atoms with E-state index in [1.165, 1.54) is 44.9 Å². The fraction of sp³-hybridized carbons (Fsp3) is 0.489. The van der Waals surface area contributed by atoms with Gasteiger partial charge in [0.15, 0.2) is 0 Å². The number of anilines is 1. The average molecular weight is 728 g/mol. The van der Waals surface area contributed by atoms with Crippen LogP contribution in [0.2, 0.25) is 0 Å². The van der Waals surface area contributed by atoms with Gasteiger partial charge in [-0.25, -0.2) is 0 Å². The first-order chi connectivity index (χ1) is 26.2. The summed E-state index contributed by atoms with van der Waals surface area (Å²) in [5, 5.41) is 0. The van der Waals surface area contributed by atoms with Crippen molar-refractivity contribution in [2.24, 2.45) is 7.05 Å². The molecule has 0 saturated carbocycles. The van der Waals surface area contributed by atoms with E-state index in [1.807, 2.05) is 4.90 Å². The maximum Gasteiger partial charge on any atom is 0.255 e. The Bertz CT molecular complexity index is 1990. The number of piperazine rings is 1. The van der Waals surface area contributed by atoms with Crippen molar-refractivity contribution in [2.75, 3.05) is 44.7 Å². The first kappa shape index (κ1) is 37.9. The van der Waals surface area contributed by atoms with Gasteiger partial charge in [-0.3, -0.25) is 9.59 Å². The standard InChI is InChI=1S/C47H61N5O2/c1-7-9-18-41-34(4)49(6)46(42(41)19-10-8-2)43-29-37-20-21-51(45(53)28-35-14-13-17-40(27-35)50-24-22-48(5)23-25-50)31-39(37)30-44(43)47(54)52-32-38-16-12-11-15-36(38)26-33(52)3/h11-17,27,29-30,33H,7-10,18-26,28,31-32H2,1-6H3/t33-/m1/s1. The smallest absolute Gasteiger partial charge is 0.255 e. The molecule has 0 aliphatic carbocycles. The molecular weight excluding hydrogens is 667 g/mol. The maximum absolute atomic E-state index is 15.1. The van der Waals surface area contributed by atoms with Crippen molar-refractivity contribution in [3.05, 3.63) is 111 Å². The van der Waals surface area contributed by atoms with Crippen LogP contribution in [0.4, 0.5) is 5.69 Å². The molecule has 1 aromatic heterocycles. The van der Waals surface area contributed by atoms with E-state index in [0.29, 0.717) is 26.1 Å². The highest BCUT2D eigenvalue weighted by molar-refractivity contribution is 6.02. The normalized spacial score (nSPS) is 17.4. The number of unbranched alkanes of at least 4 members (excludes halogenated alkanes) is 2. The Morgan fingerprint density at radius 3 is 2.22 bits per heavy atom. The van der Waals surface area contributed by atoms with Crippen molar-refractivity contribution >= 4 is 17.5 Å². The summed E-state index contributed by atoms with van der Waals surface area (Å²) in [5.74, 6) is 0.240. The zero-order valence-electron chi connectivity index (χ0n) is 33.7. The average Bonchev–Trinajstić information content (AvgIpc) is 3.42. The number of likely N-dealkylation sites (N-methyl/N-ethyl adjacent to an activating group) is 1. The van der Waals surface area contributed by atoms with Crippen molar-refractivity contribution in [1.82, 2.24) is 19.3 Å². The highest BCUT2D eigenvalue weighted by Gasteiger charge is 2.33. The lowest BCUT2D eigenvalue weighted by Gasteiger charge is -2.36. The Hall–Kier alpha value is -4.36. The summed E-state index contributed by atoms with van der Waals surface area (Å²) in [6.45, 7) is 14.9. The molecule has 0 radical (unpaired) electrons. The van der Waals surface area contributed by atoms with Crippen LogP contribution in [0.15, 0.2) is 60.7 Å².